The summed E-state index contributed by atoms with van der Waals surface area (Å²) < 4.78 is 10.5. The zero-order chi connectivity index (χ0) is 10.4. The third-order valence-electron chi connectivity index (χ3n) is 2.14. The molecule has 0 radical (unpaired) electrons. The van der Waals surface area contributed by atoms with Crippen molar-refractivity contribution in [1.82, 2.24) is 4.90 Å². The molecule has 0 aromatic rings. The number of hydrogen-bond donors (Lipinski definition) is 1. The standard InChI is InChI=1S/C9H17NO4/c1-8(12)10(4-5-11)3-2-9-13-6-7-14-9/h9,11H,2-7H2,1H3. The van der Waals surface area contributed by atoms with E-state index in [4.69, 9.17) is 14.6 Å². The Hall–Kier alpha value is -0.650. The molecule has 0 aromatic carbocycles. The van der Waals surface area contributed by atoms with Gasteiger partial charge >= 0.3 is 0 Å². The van der Waals surface area contributed by atoms with Gasteiger partial charge in [-0.15, -0.1) is 0 Å². The van der Waals surface area contributed by atoms with E-state index < -0.39 is 0 Å². The Morgan fingerprint density at radius 1 is 1.43 bits per heavy atom. The fraction of sp³-hybridized carbons (Fsp3) is 0.889. The van der Waals surface area contributed by atoms with Crippen molar-refractivity contribution >= 4 is 5.91 Å². The zero-order valence-corrected chi connectivity index (χ0v) is 8.44. The quantitative estimate of drug-likeness (QED) is 0.660. The smallest absolute Gasteiger partial charge is 0.219 e. The lowest BCUT2D eigenvalue weighted by Crippen LogP contribution is -2.34. The summed E-state index contributed by atoms with van der Waals surface area (Å²) in [5, 5.41) is 8.72. The van der Waals surface area contributed by atoms with Crippen LogP contribution in [0.25, 0.3) is 0 Å². The number of carbonyl (C=O) groups is 1. The second-order valence-electron chi connectivity index (χ2n) is 3.19. The molecule has 1 aliphatic heterocycles. The molecule has 0 spiro atoms. The van der Waals surface area contributed by atoms with Gasteiger partial charge < -0.3 is 19.5 Å². The molecule has 1 amide bonds. The van der Waals surface area contributed by atoms with E-state index in [1.165, 1.54) is 6.92 Å². The minimum atomic E-state index is -0.185. The summed E-state index contributed by atoms with van der Waals surface area (Å²) >= 11 is 0. The largest absolute Gasteiger partial charge is 0.395 e. The summed E-state index contributed by atoms with van der Waals surface area (Å²) in [6.07, 6.45) is 0.482. The van der Waals surface area contributed by atoms with Crippen LogP contribution in [0.2, 0.25) is 0 Å². The number of carbonyl (C=O) groups excluding carboxylic acids is 1. The Labute approximate surface area is 83.6 Å². The summed E-state index contributed by atoms with van der Waals surface area (Å²) in [6.45, 7) is 3.69. The highest BCUT2D eigenvalue weighted by Gasteiger charge is 2.17. The monoisotopic (exact) mass is 203 g/mol. The molecule has 0 aliphatic carbocycles. The Kier molecular flexibility index (Phi) is 4.86. The average molecular weight is 203 g/mol. The highest BCUT2D eigenvalue weighted by Crippen LogP contribution is 2.08. The van der Waals surface area contributed by atoms with E-state index in [1.54, 1.807) is 4.90 Å². The maximum Gasteiger partial charge on any atom is 0.219 e. The maximum absolute atomic E-state index is 11.1. The molecule has 0 atom stereocenters. The number of hydrogen-bond acceptors (Lipinski definition) is 4. The molecule has 1 rings (SSSR count). The van der Waals surface area contributed by atoms with Crippen molar-refractivity contribution in [1.29, 1.82) is 0 Å². The molecule has 0 bridgehead atoms. The number of ether oxygens (including phenoxy) is 2. The number of nitrogens with zero attached hydrogens (tertiary/aromatic N) is 1. The van der Waals surface area contributed by atoms with E-state index in [9.17, 15) is 4.79 Å². The van der Waals surface area contributed by atoms with Gasteiger partial charge in [0.1, 0.15) is 0 Å². The highest BCUT2D eigenvalue weighted by atomic mass is 16.7. The van der Waals surface area contributed by atoms with Crippen LogP contribution in [0.15, 0.2) is 0 Å². The Balaban J connectivity index is 2.21. The lowest BCUT2D eigenvalue weighted by atomic mass is 10.3. The fourth-order valence-corrected chi connectivity index (χ4v) is 1.38. The molecule has 1 aliphatic rings. The third kappa shape index (κ3) is 3.61. The Morgan fingerprint density at radius 2 is 2.07 bits per heavy atom. The van der Waals surface area contributed by atoms with Crippen LogP contribution in [0.5, 0.6) is 0 Å². The molecule has 0 unspecified atom stereocenters. The normalized spacial score (nSPS) is 17.3. The topological polar surface area (TPSA) is 59.0 Å². The minimum Gasteiger partial charge on any atom is -0.395 e. The lowest BCUT2D eigenvalue weighted by Gasteiger charge is -2.21. The van der Waals surface area contributed by atoms with E-state index >= 15 is 0 Å². The summed E-state index contributed by atoms with van der Waals surface area (Å²) in [7, 11) is 0. The predicted molar refractivity (Wildman–Crippen MR) is 49.6 cm³/mol. The van der Waals surface area contributed by atoms with Gasteiger partial charge in [-0.2, -0.15) is 0 Å². The fourth-order valence-electron chi connectivity index (χ4n) is 1.38. The summed E-state index contributed by atoms with van der Waals surface area (Å²) in [5.74, 6) is -0.0305. The van der Waals surface area contributed by atoms with Gasteiger partial charge in [-0.1, -0.05) is 0 Å². The average Bonchev–Trinajstić information content (AvgIpc) is 2.64. The van der Waals surface area contributed by atoms with Crippen LogP contribution in [0.3, 0.4) is 0 Å². The van der Waals surface area contributed by atoms with Crippen LogP contribution in [-0.2, 0) is 14.3 Å². The molecular formula is C9H17NO4. The van der Waals surface area contributed by atoms with Gasteiger partial charge in [0.2, 0.25) is 5.91 Å². The van der Waals surface area contributed by atoms with Gasteiger partial charge in [0.25, 0.3) is 0 Å². The van der Waals surface area contributed by atoms with Crippen LogP contribution < -0.4 is 0 Å². The molecule has 0 saturated carbocycles. The minimum absolute atomic E-state index is 0.00798. The van der Waals surface area contributed by atoms with E-state index in [0.717, 1.165) is 0 Å². The third-order valence-corrected chi connectivity index (χ3v) is 2.14. The molecule has 82 valence electrons. The first-order valence-electron chi connectivity index (χ1n) is 4.83. The van der Waals surface area contributed by atoms with E-state index in [2.05, 4.69) is 0 Å². The number of rotatable bonds is 5. The zero-order valence-electron chi connectivity index (χ0n) is 8.44. The van der Waals surface area contributed by atoms with Gasteiger partial charge in [0.15, 0.2) is 6.29 Å². The first-order valence-corrected chi connectivity index (χ1v) is 4.83. The van der Waals surface area contributed by atoms with Gasteiger partial charge in [-0.3, -0.25) is 4.79 Å². The van der Waals surface area contributed by atoms with Crippen LogP contribution >= 0.6 is 0 Å². The van der Waals surface area contributed by atoms with Crippen molar-refractivity contribution in [3.05, 3.63) is 0 Å². The molecule has 1 saturated heterocycles. The lowest BCUT2D eigenvalue weighted by molar-refractivity contribution is -0.130. The molecule has 0 aromatic heterocycles. The number of amides is 1. The first-order chi connectivity index (χ1) is 6.74. The van der Waals surface area contributed by atoms with Gasteiger partial charge in [-0.05, 0) is 0 Å². The van der Waals surface area contributed by atoms with Gasteiger partial charge in [-0.25, -0.2) is 0 Å². The summed E-state index contributed by atoms with van der Waals surface area (Å²) in [4.78, 5) is 12.7. The molecule has 1 fully saturated rings. The van der Waals surface area contributed by atoms with Crippen LogP contribution in [-0.4, -0.2) is 55.1 Å². The molecule has 1 N–H and O–H groups in total. The molecule has 5 heteroatoms. The second kappa shape index (κ2) is 5.95. The first kappa shape index (κ1) is 11.4. The summed E-state index contributed by atoms with van der Waals surface area (Å²) in [6, 6.07) is 0. The molecule has 1 heterocycles. The Bertz CT molecular complexity index is 180. The van der Waals surface area contributed by atoms with Crippen molar-refractivity contribution in [3.63, 3.8) is 0 Å². The highest BCUT2D eigenvalue weighted by molar-refractivity contribution is 5.73. The van der Waals surface area contributed by atoms with Crippen molar-refractivity contribution in [2.24, 2.45) is 0 Å². The maximum atomic E-state index is 11.1. The van der Waals surface area contributed by atoms with E-state index in [-0.39, 0.29) is 18.8 Å². The molecule has 14 heavy (non-hydrogen) atoms. The van der Waals surface area contributed by atoms with Crippen LogP contribution in [0.1, 0.15) is 13.3 Å². The van der Waals surface area contributed by atoms with Gasteiger partial charge in [0, 0.05) is 26.4 Å². The number of aliphatic hydroxyl groups is 1. The second-order valence-corrected chi connectivity index (χ2v) is 3.19. The predicted octanol–water partition coefficient (Wildman–Crippen LogP) is -0.410. The number of aliphatic hydroxyl groups excluding tert-OH is 1. The van der Waals surface area contributed by atoms with Gasteiger partial charge in [0.05, 0.1) is 19.8 Å². The summed E-state index contributed by atoms with van der Waals surface area (Å²) in [5.41, 5.74) is 0. The molecular weight excluding hydrogens is 186 g/mol. The van der Waals surface area contributed by atoms with E-state index in [0.29, 0.717) is 32.7 Å². The molecule has 5 nitrogen and oxygen atoms in total. The Morgan fingerprint density at radius 3 is 2.57 bits per heavy atom. The van der Waals surface area contributed by atoms with Crippen LogP contribution in [0.4, 0.5) is 0 Å². The van der Waals surface area contributed by atoms with Crippen molar-refractivity contribution in [3.8, 4) is 0 Å². The SMILES string of the molecule is CC(=O)N(CCO)CCC1OCCO1. The van der Waals surface area contributed by atoms with Crippen molar-refractivity contribution in [2.45, 2.75) is 19.6 Å². The van der Waals surface area contributed by atoms with E-state index in [1.807, 2.05) is 0 Å². The van der Waals surface area contributed by atoms with Crippen molar-refractivity contribution < 1.29 is 19.4 Å². The van der Waals surface area contributed by atoms with Crippen molar-refractivity contribution in [2.75, 3.05) is 32.9 Å². The van der Waals surface area contributed by atoms with Crippen LogP contribution in [0, 0.1) is 0 Å².